The summed E-state index contributed by atoms with van der Waals surface area (Å²) in [5, 5.41) is 0.366. The van der Waals surface area contributed by atoms with Crippen molar-refractivity contribution in [2.24, 2.45) is 5.73 Å². The highest BCUT2D eigenvalue weighted by molar-refractivity contribution is 7.90. The number of carbonyl (C=O) groups is 1. The Hall–Kier alpha value is -1.93. The molecule has 0 unspecified atom stereocenters. The molecule has 1 heterocycles. The van der Waals surface area contributed by atoms with Gasteiger partial charge in [-0.25, -0.2) is 13.1 Å². The molecule has 1 amide bonds. The normalized spacial score (nSPS) is 19.7. The van der Waals surface area contributed by atoms with Gasteiger partial charge in [0.15, 0.2) is 0 Å². The van der Waals surface area contributed by atoms with E-state index >= 15 is 0 Å². The SMILES string of the molecule is N[C@@H](CC(=O)N1Cc2ccccc2C[C@H]1CNS(=O)(=O)C1CC1)Cc1cccc(Cl)c1. The van der Waals surface area contributed by atoms with E-state index in [2.05, 4.69) is 4.72 Å². The van der Waals surface area contributed by atoms with Crippen molar-refractivity contribution in [3.8, 4) is 0 Å². The molecule has 1 aliphatic carbocycles. The highest BCUT2D eigenvalue weighted by atomic mass is 35.5. The van der Waals surface area contributed by atoms with Crippen LogP contribution in [0.5, 0.6) is 0 Å². The Balaban J connectivity index is 1.45. The maximum atomic E-state index is 13.2. The standard InChI is InChI=1S/C23H28ClN3O3S/c24-19-7-3-4-16(10-19)11-20(25)13-23(28)27-15-18-6-2-1-5-17(18)12-21(27)14-26-31(29,30)22-8-9-22/h1-7,10,20-22,26H,8-9,11-15,25H2/t20-,21+/m1/s1. The van der Waals surface area contributed by atoms with Crippen LogP contribution in [0.15, 0.2) is 48.5 Å². The predicted molar refractivity (Wildman–Crippen MR) is 122 cm³/mol. The van der Waals surface area contributed by atoms with Gasteiger partial charge in [-0.05, 0) is 54.5 Å². The Morgan fingerprint density at radius 3 is 2.61 bits per heavy atom. The third-order valence-electron chi connectivity index (χ3n) is 5.98. The molecule has 8 heteroatoms. The highest BCUT2D eigenvalue weighted by Crippen LogP contribution is 2.28. The lowest BCUT2D eigenvalue weighted by molar-refractivity contribution is -0.135. The van der Waals surface area contributed by atoms with E-state index in [0.29, 0.717) is 37.3 Å². The maximum absolute atomic E-state index is 13.2. The number of nitrogens with zero attached hydrogens (tertiary/aromatic N) is 1. The first kappa shape index (κ1) is 22.3. The Bertz CT molecular complexity index is 1060. The average Bonchev–Trinajstić information content (AvgIpc) is 3.57. The van der Waals surface area contributed by atoms with Crippen molar-refractivity contribution < 1.29 is 13.2 Å². The third kappa shape index (κ3) is 5.66. The zero-order chi connectivity index (χ0) is 22.0. The number of carbonyl (C=O) groups excluding carboxylic acids is 1. The molecule has 3 N–H and O–H groups in total. The largest absolute Gasteiger partial charge is 0.334 e. The molecule has 0 saturated heterocycles. The van der Waals surface area contributed by atoms with E-state index in [-0.39, 0.29) is 36.2 Å². The Morgan fingerprint density at radius 2 is 1.90 bits per heavy atom. The summed E-state index contributed by atoms with van der Waals surface area (Å²) in [5.41, 5.74) is 9.54. The monoisotopic (exact) mass is 461 g/mol. The molecule has 4 rings (SSSR count). The number of nitrogens with two attached hydrogens (primary N) is 1. The summed E-state index contributed by atoms with van der Waals surface area (Å²) < 4.78 is 27.4. The van der Waals surface area contributed by atoms with Gasteiger partial charge in [0.05, 0.1) is 5.25 Å². The number of halogens is 1. The topological polar surface area (TPSA) is 92.5 Å². The smallest absolute Gasteiger partial charge is 0.224 e. The number of fused-ring (bicyclic) bond motifs is 1. The second-order valence-electron chi connectivity index (χ2n) is 8.54. The van der Waals surface area contributed by atoms with Crippen molar-refractivity contribution in [2.45, 2.75) is 56.0 Å². The van der Waals surface area contributed by atoms with E-state index in [0.717, 1.165) is 16.7 Å². The second kappa shape index (κ2) is 9.28. The van der Waals surface area contributed by atoms with Crippen molar-refractivity contribution in [3.63, 3.8) is 0 Å². The van der Waals surface area contributed by atoms with Crippen LogP contribution in [0.1, 0.15) is 36.0 Å². The molecule has 0 radical (unpaired) electrons. The van der Waals surface area contributed by atoms with Crippen LogP contribution >= 0.6 is 11.6 Å². The van der Waals surface area contributed by atoms with Crippen LogP contribution in [-0.4, -0.2) is 43.1 Å². The zero-order valence-electron chi connectivity index (χ0n) is 17.3. The fraction of sp³-hybridized carbons (Fsp3) is 0.435. The van der Waals surface area contributed by atoms with Gasteiger partial charge < -0.3 is 10.6 Å². The van der Waals surface area contributed by atoms with Gasteiger partial charge in [-0.1, -0.05) is 48.0 Å². The molecule has 31 heavy (non-hydrogen) atoms. The first-order valence-electron chi connectivity index (χ1n) is 10.7. The van der Waals surface area contributed by atoms with Crippen LogP contribution in [0.4, 0.5) is 0 Å². The van der Waals surface area contributed by atoms with Crippen LogP contribution in [-0.2, 0) is 34.2 Å². The molecule has 0 bridgehead atoms. The predicted octanol–water partition coefficient (Wildman–Crippen LogP) is 2.64. The van der Waals surface area contributed by atoms with E-state index < -0.39 is 10.0 Å². The third-order valence-corrected chi connectivity index (χ3v) is 8.14. The number of amides is 1. The maximum Gasteiger partial charge on any atom is 0.224 e. The quantitative estimate of drug-likeness (QED) is 0.632. The number of nitrogens with one attached hydrogen (secondary N) is 1. The van der Waals surface area contributed by atoms with Gasteiger partial charge in [-0.15, -0.1) is 0 Å². The Kier molecular flexibility index (Phi) is 6.67. The van der Waals surface area contributed by atoms with Crippen LogP contribution in [0, 0.1) is 0 Å². The number of hydrogen-bond acceptors (Lipinski definition) is 4. The van der Waals surface area contributed by atoms with Crippen LogP contribution in [0.2, 0.25) is 5.02 Å². The molecule has 1 aliphatic heterocycles. The summed E-state index contributed by atoms with van der Waals surface area (Å²) >= 11 is 6.05. The van der Waals surface area contributed by atoms with Crippen LogP contribution < -0.4 is 10.5 Å². The molecule has 2 aliphatic rings. The van der Waals surface area contributed by atoms with E-state index in [1.54, 1.807) is 11.0 Å². The van der Waals surface area contributed by atoms with Gasteiger partial charge in [-0.2, -0.15) is 0 Å². The van der Waals surface area contributed by atoms with Crippen LogP contribution in [0.25, 0.3) is 0 Å². The summed E-state index contributed by atoms with van der Waals surface area (Å²) in [6, 6.07) is 14.9. The summed E-state index contributed by atoms with van der Waals surface area (Å²) in [5.74, 6) is -0.0559. The fourth-order valence-corrected chi connectivity index (χ4v) is 5.78. The molecule has 0 spiro atoms. The van der Waals surface area contributed by atoms with Gasteiger partial charge in [0.1, 0.15) is 0 Å². The number of hydrogen-bond donors (Lipinski definition) is 2. The molecule has 1 saturated carbocycles. The molecule has 2 atom stereocenters. The van der Waals surface area contributed by atoms with Crippen molar-refractivity contribution in [1.82, 2.24) is 9.62 Å². The van der Waals surface area contributed by atoms with Crippen molar-refractivity contribution in [3.05, 3.63) is 70.2 Å². The first-order valence-corrected chi connectivity index (χ1v) is 12.6. The van der Waals surface area contributed by atoms with Crippen LogP contribution in [0.3, 0.4) is 0 Å². The molecular weight excluding hydrogens is 434 g/mol. The average molecular weight is 462 g/mol. The van der Waals surface area contributed by atoms with Crippen molar-refractivity contribution in [1.29, 1.82) is 0 Å². The van der Waals surface area contributed by atoms with E-state index in [1.165, 1.54) is 0 Å². The minimum absolute atomic E-state index is 0.0559. The summed E-state index contributed by atoms with van der Waals surface area (Å²) in [4.78, 5) is 15.0. The Morgan fingerprint density at radius 1 is 1.16 bits per heavy atom. The number of rotatable bonds is 8. The molecular formula is C23H28ClN3O3S. The van der Waals surface area contributed by atoms with Gasteiger partial charge in [-0.3, -0.25) is 4.79 Å². The van der Waals surface area contributed by atoms with Crippen molar-refractivity contribution >= 4 is 27.5 Å². The Labute approximate surface area is 188 Å². The van der Waals surface area contributed by atoms with Crippen molar-refractivity contribution in [2.75, 3.05) is 6.54 Å². The fourth-order valence-electron chi connectivity index (χ4n) is 4.15. The summed E-state index contributed by atoms with van der Waals surface area (Å²) in [6.07, 6.45) is 2.79. The van der Waals surface area contributed by atoms with Gasteiger partial charge in [0.25, 0.3) is 0 Å². The van der Waals surface area contributed by atoms with Gasteiger partial charge in [0, 0.05) is 36.6 Å². The molecule has 166 valence electrons. The minimum atomic E-state index is -3.31. The molecule has 0 aromatic heterocycles. The van der Waals surface area contributed by atoms with Gasteiger partial charge >= 0.3 is 0 Å². The number of sulfonamides is 1. The molecule has 2 aromatic rings. The molecule has 1 fully saturated rings. The second-order valence-corrected chi connectivity index (χ2v) is 11.0. The lowest BCUT2D eigenvalue weighted by atomic mass is 9.93. The summed E-state index contributed by atoms with van der Waals surface area (Å²) in [7, 11) is -3.31. The minimum Gasteiger partial charge on any atom is -0.334 e. The lowest BCUT2D eigenvalue weighted by Gasteiger charge is -2.37. The first-order chi connectivity index (χ1) is 14.8. The molecule has 2 aromatic carbocycles. The highest BCUT2D eigenvalue weighted by Gasteiger charge is 2.37. The van der Waals surface area contributed by atoms with E-state index in [1.807, 2.05) is 42.5 Å². The summed E-state index contributed by atoms with van der Waals surface area (Å²) in [6.45, 7) is 0.692. The lowest BCUT2D eigenvalue weighted by Crippen LogP contribution is -2.51. The van der Waals surface area contributed by atoms with Gasteiger partial charge in [0.2, 0.25) is 15.9 Å². The molecule has 6 nitrogen and oxygen atoms in total. The van der Waals surface area contributed by atoms with E-state index in [4.69, 9.17) is 17.3 Å². The number of benzene rings is 2. The van der Waals surface area contributed by atoms with E-state index in [9.17, 15) is 13.2 Å². The zero-order valence-corrected chi connectivity index (χ0v) is 18.9.